The van der Waals surface area contributed by atoms with Crippen LogP contribution in [0.1, 0.15) is 119 Å². The van der Waals surface area contributed by atoms with E-state index in [1.165, 1.54) is 34.8 Å². The predicted molar refractivity (Wildman–Crippen MR) is 165 cm³/mol. The zero-order valence-electron chi connectivity index (χ0n) is 25.8. The fraction of sp³-hybridized carbons (Fsp3) is 0.647. The van der Waals surface area contributed by atoms with Crippen LogP contribution in [-0.4, -0.2) is 6.10 Å². The van der Waals surface area contributed by atoms with E-state index in [1.807, 2.05) is 0 Å². The van der Waals surface area contributed by atoms with Gasteiger partial charge in [0.2, 0.25) is 0 Å². The first-order chi connectivity index (χ1) is 17.0. The average molecular weight is 524 g/mol. The summed E-state index contributed by atoms with van der Waals surface area (Å²) in [5, 5.41) is 5.34. The number of anilines is 1. The molecule has 0 bridgehead atoms. The first kappa shape index (κ1) is 30.2. The van der Waals surface area contributed by atoms with Gasteiger partial charge in [-0.05, 0) is 75.7 Å². The lowest BCUT2D eigenvalue weighted by Gasteiger charge is -2.41. The van der Waals surface area contributed by atoms with Crippen molar-refractivity contribution in [2.24, 2.45) is 17.8 Å². The molecule has 4 unspecified atom stereocenters. The van der Waals surface area contributed by atoms with Crippen molar-refractivity contribution in [3.05, 3.63) is 59.2 Å². The molecule has 2 nitrogen and oxygen atoms in total. The van der Waals surface area contributed by atoms with Gasteiger partial charge in [-0.2, -0.15) is 0 Å². The molecule has 1 aliphatic rings. The number of benzene rings is 2. The molecule has 0 saturated heterocycles. The minimum absolute atomic E-state index is 0.00376. The highest BCUT2D eigenvalue weighted by molar-refractivity contribution is 7.62. The second-order valence-corrected chi connectivity index (χ2v) is 16.4. The lowest BCUT2D eigenvalue weighted by Crippen LogP contribution is -2.37. The first-order valence-electron chi connectivity index (χ1n) is 14.5. The van der Waals surface area contributed by atoms with Gasteiger partial charge in [-0.25, -0.2) is 0 Å². The quantitative estimate of drug-likeness (QED) is 0.380. The lowest BCUT2D eigenvalue weighted by atomic mass is 9.75. The van der Waals surface area contributed by atoms with Gasteiger partial charge in [0.05, 0.1) is 6.10 Å². The Hall–Kier alpha value is -1.37. The summed E-state index contributed by atoms with van der Waals surface area (Å²) in [4.78, 5) is 0. The number of hydrogen-bond acceptors (Lipinski definition) is 2. The summed E-state index contributed by atoms with van der Waals surface area (Å²) in [6, 6.07) is 15.7. The zero-order valence-corrected chi connectivity index (χ0v) is 26.7. The lowest BCUT2D eigenvalue weighted by molar-refractivity contribution is 0.0569. The molecule has 0 radical (unpaired) electrons. The standard InChI is InChI=1S/C34H54NOP/c1-23(2)27-19-18-24(3)20-30(27)36-37(35-26-16-14-13-15-17-26)31-28(33(7,8)9)21-25(32(4,5)6)22-29(31)34(10,11)12/h13-17,21-24,27,30,35H,18-20H2,1-12H3. The molecule has 206 valence electrons. The minimum Gasteiger partial charge on any atom is -0.339 e. The van der Waals surface area contributed by atoms with Crippen LogP contribution in [0.25, 0.3) is 0 Å². The van der Waals surface area contributed by atoms with Gasteiger partial charge in [0.1, 0.15) is 0 Å². The average Bonchev–Trinajstić information content (AvgIpc) is 2.76. The number of para-hydroxylation sites is 1. The molecule has 1 N–H and O–H groups in total. The zero-order chi connectivity index (χ0) is 27.8. The summed E-state index contributed by atoms with van der Waals surface area (Å²) in [5.74, 6) is 1.93. The topological polar surface area (TPSA) is 21.3 Å². The summed E-state index contributed by atoms with van der Waals surface area (Å²) in [5.41, 5.74) is 5.46. The van der Waals surface area contributed by atoms with Crippen LogP contribution < -0.4 is 10.4 Å². The Morgan fingerprint density at radius 3 is 1.81 bits per heavy atom. The first-order valence-corrected chi connectivity index (χ1v) is 15.7. The van der Waals surface area contributed by atoms with Gasteiger partial charge in [0, 0.05) is 11.0 Å². The van der Waals surface area contributed by atoms with Crippen LogP contribution in [0.5, 0.6) is 0 Å². The van der Waals surface area contributed by atoms with Crippen molar-refractivity contribution in [2.75, 3.05) is 5.09 Å². The van der Waals surface area contributed by atoms with Crippen LogP contribution in [0.15, 0.2) is 42.5 Å². The smallest absolute Gasteiger partial charge is 0.164 e. The van der Waals surface area contributed by atoms with E-state index in [0.29, 0.717) is 17.8 Å². The van der Waals surface area contributed by atoms with Crippen molar-refractivity contribution in [1.82, 2.24) is 0 Å². The molecular weight excluding hydrogens is 469 g/mol. The molecule has 1 saturated carbocycles. The SMILES string of the molecule is CC1CCC(C(C)C)C(OP(Nc2ccccc2)c2c(C(C)(C)C)cc(C(C)(C)C)cc2C(C)(C)C)C1. The maximum atomic E-state index is 7.38. The number of nitrogens with one attached hydrogen (secondary N) is 1. The molecule has 0 spiro atoms. The van der Waals surface area contributed by atoms with E-state index in [-0.39, 0.29) is 22.3 Å². The van der Waals surface area contributed by atoms with Gasteiger partial charge in [-0.3, -0.25) is 0 Å². The van der Waals surface area contributed by atoms with Crippen molar-refractivity contribution in [1.29, 1.82) is 0 Å². The van der Waals surface area contributed by atoms with Crippen LogP contribution in [0, 0.1) is 17.8 Å². The van der Waals surface area contributed by atoms with Crippen LogP contribution in [0.4, 0.5) is 5.69 Å². The summed E-state index contributed by atoms with van der Waals surface area (Å²) in [7, 11) is -1.09. The van der Waals surface area contributed by atoms with Crippen LogP contribution in [0.2, 0.25) is 0 Å². The third-order valence-electron chi connectivity index (χ3n) is 8.00. The van der Waals surface area contributed by atoms with E-state index >= 15 is 0 Å². The van der Waals surface area contributed by atoms with Crippen molar-refractivity contribution >= 4 is 19.3 Å². The molecule has 1 aliphatic carbocycles. The van der Waals surface area contributed by atoms with Crippen molar-refractivity contribution in [2.45, 2.75) is 125 Å². The van der Waals surface area contributed by atoms with E-state index in [2.05, 4.69) is 131 Å². The summed E-state index contributed by atoms with van der Waals surface area (Å²) in [6.07, 6.45) is 4.00. The van der Waals surface area contributed by atoms with Gasteiger partial charge in [0.25, 0.3) is 0 Å². The second kappa shape index (κ2) is 11.4. The highest BCUT2D eigenvalue weighted by Gasteiger charge is 2.38. The molecule has 3 heteroatoms. The van der Waals surface area contributed by atoms with Gasteiger partial charge >= 0.3 is 0 Å². The molecule has 0 aliphatic heterocycles. The molecule has 1 fully saturated rings. The maximum absolute atomic E-state index is 7.38. The van der Waals surface area contributed by atoms with Crippen LogP contribution >= 0.6 is 8.30 Å². The fourth-order valence-corrected chi connectivity index (χ4v) is 7.97. The number of rotatable bonds is 6. The third-order valence-corrected chi connectivity index (χ3v) is 9.83. The van der Waals surface area contributed by atoms with Crippen molar-refractivity contribution < 1.29 is 4.52 Å². The van der Waals surface area contributed by atoms with Crippen molar-refractivity contribution in [3.63, 3.8) is 0 Å². The van der Waals surface area contributed by atoms with E-state index in [4.69, 9.17) is 4.52 Å². The summed E-state index contributed by atoms with van der Waals surface area (Å²) < 4.78 is 7.38. The Kier molecular flexibility index (Phi) is 9.29. The largest absolute Gasteiger partial charge is 0.339 e. The monoisotopic (exact) mass is 523 g/mol. The molecule has 0 heterocycles. The molecule has 4 atom stereocenters. The molecule has 2 aromatic carbocycles. The Bertz CT molecular complexity index is 988. The van der Waals surface area contributed by atoms with Crippen LogP contribution in [-0.2, 0) is 20.8 Å². The maximum Gasteiger partial charge on any atom is 0.164 e. The van der Waals surface area contributed by atoms with E-state index in [1.54, 1.807) is 0 Å². The summed E-state index contributed by atoms with van der Waals surface area (Å²) >= 11 is 0. The Morgan fingerprint density at radius 1 is 0.811 bits per heavy atom. The molecular formula is C34H54NOP. The third kappa shape index (κ3) is 7.60. The van der Waals surface area contributed by atoms with E-state index < -0.39 is 8.30 Å². The van der Waals surface area contributed by atoms with Gasteiger partial charge in [0.15, 0.2) is 8.30 Å². The molecule has 2 aromatic rings. The highest BCUT2D eigenvalue weighted by Crippen LogP contribution is 2.49. The highest BCUT2D eigenvalue weighted by atomic mass is 31.2. The van der Waals surface area contributed by atoms with Crippen LogP contribution in [0.3, 0.4) is 0 Å². The van der Waals surface area contributed by atoms with Gasteiger partial charge in [-0.1, -0.05) is 120 Å². The summed E-state index contributed by atoms with van der Waals surface area (Å²) in [6.45, 7) is 28.3. The van der Waals surface area contributed by atoms with Gasteiger partial charge in [-0.15, -0.1) is 0 Å². The van der Waals surface area contributed by atoms with Gasteiger partial charge < -0.3 is 9.61 Å². The molecule has 3 rings (SSSR count). The second-order valence-electron chi connectivity index (χ2n) is 14.9. The molecule has 0 amide bonds. The molecule has 0 aromatic heterocycles. The molecule has 37 heavy (non-hydrogen) atoms. The minimum atomic E-state index is -1.09. The van der Waals surface area contributed by atoms with E-state index in [0.717, 1.165) is 12.1 Å². The Balaban J connectivity index is 2.26. The predicted octanol–water partition coefficient (Wildman–Crippen LogP) is 10.1. The van der Waals surface area contributed by atoms with E-state index in [9.17, 15) is 0 Å². The fourth-order valence-electron chi connectivity index (χ4n) is 5.57. The normalized spacial score (nSPS) is 22.2. The Morgan fingerprint density at radius 2 is 1.35 bits per heavy atom. The van der Waals surface area contributed by atoms with Crippen molar-refractivity contribution in [3.8, 4) is 0 Å². The Labute approximate surface area is 230 Å². The number of hydrogen-bond donors (Lipinski definition) is 1.